The normalized spacial score (nSPS) is 10.2. The van der Waals surface area contributed by atoms with Gasteiger partial charge in [-0.15, -0.1) is 12.6 Å². The average Bonchev–Trinajstić information content (AvgIpc) is 2.44. The first-order valence-electron chi connectivity index (χ1n) is 3.47. The first-order chi connectivity index (χ1) is 6.25. The van der Waals surface area contributed by atoms with E-state index in [0.717, 1.165) is 0 Å². The minimum Gasteiger partial charge on any atom is -0.422 e. The van der Waals surface area contributed by atoms with Crippen LogP contribution in [0.3, 0.4) is 0 Å². The van der Waals surface area contributed by atoms with Gasteiger partial charge in [-0.25, -0.2) is 4.98 Å². The molecule has 66 valence electrons. The Morgan fingerprint density at radius 2 is 2.46 bits per heavy atom. The summed E-state index contributed by atoms with van der Waals surface area (Å²) in [5, 5.41) is 2.67. The molecule has 0 unspecified atom stereocenters. The zero-order valence-corrected chi connectivity index (χ0v) is 8.10. The maximum atomic E-state index is 5.26. The van der Waals surface area contributed by atoms with E-state index in [1.807, 2.05) is 0 Å². The van der Waals surface area contributed by atoms with E-state index in [2.05, 4.69) is 27.9 Å². The summed E-state index contributed by atoms with van der Waals surface area (Å²) in [7, 11) is 0. The molecule has 13 heavy (non-hydrogen) atoms. The molecule has 0 aromatic carbocycles. The molecule has 0 saturated carbocycles. The maximum absolute atomic E-state index is 5.26. The Balaban J connectivity index is 2.44. The molecule has 0 fully saturated rings. The van der Waals surface area contributed by atoms with Crippen molar-refractivity contribution < 1.29 is 4.42 Å². The third-order valence-corrected chi connectivity index (χ3v) is 1.59. The maximum Gasteiger partial charge on any atom is 0.302 e. The molecule has 0 amide bonds. The number of aromatic nitrogens is 2. The van der Waals surface area contributed by atoms with Gasteiger partial charge in [0.1, 0.15) is 4.32 Å². The number of anilines is 1. The summed E-state index contributed by atoms with van der Waals surface area (Å²) in [6.07, 6.45) is 1.65. The molecule has 1 N–H and O–H groups in total. The number of hydrogen-bond donors (Lipinski definition) is 2. The molecule has 0 radical (unpaired) electrons. The highest BCUT2D eigenvalue weighted by atomic mass is 32.1. The molecule has 0 aliphatic heterocycles. The molecule has 2 rings (SSSR count). The number of thiocarbonyl (C=S) groups is 1. The lowest BCUT2D eigenvalue weighted by molar-refractivity contribution is 0.625. The Morgan fingerprint density at radius 1 is 1.62 bits per heavy atom. The van der Waals surface area contributed by atoms with E-state index in [4.69, 9.17) is 16.6 Å². The van der Waals surface area contributed by atoms with Gasteiger partial charge in [0.15, 0.2) is 5.58 Å². The van der Waals surface area contributed by atoms with Crippen molar-refractivity contribution >= 4 is 46.4 Å². The second-order valence-electron chi connectivity index (χ2n) is 2.27. The van der Waals surface area contributed by atoms with E-state index in [0.29, 0.717) is 21.6 Å². The number of thiol groups is 1. The topological polar surface area (TPSA) is 51.0 Å². The predicted octanol–water partition coefficient (Wildman–Crippen LogP) is 1.85. The predicted molar refractivity (Wildman–Crippen MR) is 57.0 cm³/mol. The van der Waals surface area contributed by atoms with Crippen LogP contribution in [0.25, 0.3) is 11.2 Å². The molecule has 0 atom stereocenters. The summed E-state index contributed by atoms with van der Waals surface area (Å²) < 4.78 is 5.57. The number of hydrogen-bond acceptors (Lipinski definition) is 4. The van der Waals surface area contributed by atoms with Crippen LogP contribution in [0.4, 0.5) is 6.01 Å². The van der Waals surface area contributed by atoms with Crippen LogP contribution in [0.5, 0.6) is 0 Å². The van der Waals surface area contributed by atoms with Gasteiger partial charge in [-0.3, -0.25) is 5.32 Å². The van der Waals surface area contributed by atoms with Gasteiger partial charge in [0.25, 0.3) is 0 Å². The zero-order chi connectivity index (χ0) is 9.26. The fourth-order valence-corrected chi connectivity index (χ4v) is 1.10. The number of nitrogens with zero attached hydrogens (tertiary/aromatic N) is 2. The molecule has 4 nitrogen and oxygen atoms in total. The Labute approximate surface area is 84.8 Å². The minimum atomic E-state index is 0.312. The highest BCUT2D eigenvalue weighted by molar-refractivity contribution is 8.11. The summed E-state index contributed by atoms with van der Waals surface area (Å²) in [5.74, 6) is 0. The molecule has 0 saturated heterocycles. The van der Waals surface area contributed by atoms with Crippen LogP contribution in [-0.2, 0) is 0 Å². The SMILES string of the molecule is S=C(S)Nc1nc2ncccc2o1. The summed E-state index contributed by atoms with van der Waals surface area (Å²) in [6, 6.07) is 3.87. The average molecular weight is 211 g/mol. The van der Waals surface area contributed by atoms with Crippen molar-refractivity contribution in [2.75, 3.05) is 5.32 Å². The first kappa shape index (κ1) is 8.46. The third-order valence-electron chi connectivity index (χ3n) is 1.38. The lowest BCUT2D eigenvalue weighted by atomic mass is 10.5. The monoisotopic (exact) mass is 211 g/mol. The van der Waals surface area contributed by atoms with Crippen molar-refractivity contribution in [2.24, 2.45) is 0 Å². The van der Waals surface area contributed by atoms with E-state index < -0.39 is 0 Å². The van der Waals surface area contributed by atoms with Gasteiger partial charge in [-0.05, 0) is 12.1 Å². The fourth-order valence-electron chi connectivity index (χ4n) is 0.914. The van der Waals surface area contributed by atoms with Crippen molar-refractivity contribution in [1.82, 2.24) is 9.97 Å². The Hall–Kier alpha value is -1.14. The van der Waals surface area contributed by atoms with Crippen LogP contribution in [0, 0.1) is 0 Å². The number of oxazole rings is 1. The van der Waals surface area contributed by atoms with Crippen molar-refractivity contribution in [2.45, 2.75) is 0 Å². The molecule has 0 aliphatic rings. The van der Waals surface area contributed by atoms with Crippen molar-refractivity contribution in [3.63, 3.8) is 0 Å². The van der Waals surface area contributed by atoms with Crippen LogP contribution < -0.4 is 5.32 Å². The Kier molecular flexibility index (Phi) is 2.15. The Morgan fingerprint density at radius 3 is 3.15 bits per heavy atom. The van der Waals surface area contributed by atoms with Gasteiger partial charge in [-0.2, -0.15) is 4.98 Å². The van der Waals surface area contributed by atoms with Gasteiger partial charge in [-0.1, -0.05) is 12.2 Å². The number of pyridine rings is 1. The molecule has 0 spiro atoms. The molecule has 2 aromatic heterocycles. The highest BCUT2D eigenvalue weighted by Crippen LogP contribution is 2.15. The molecule has 2 heterocycles. The minimum absolute atomic E-state index is 0.312. The summed E-state index contributed by atoms with van der Waals surface area (Å²) in [4.78, 5) is 8.02. The number of nitrogens with one attached hydrogen (secondary N) is 1. The van der Waals surface area contributed by atoms with Crippen LogP contribution in [0.2, 0.25) is 0 Å². The summed E-state index contributed by atoms with van der Waals surface area (Å²) in [6.45, 7) is 0. The molecular formula is C7H5N3OS2. The van der Waals surface area contributed by atoms with Gasteiger partial charge in [0.05, 0.1) is 0 Å². The fraction of sp³-hybridized carbons (Fsp3) is 0. The molecule has 0 bridgehead atoms. The first-order valence-corrected chi connectivity index (χ1v) is 4.33. The molecule has 0 aliphatic carbocycles. The van der Waals surface area contributed by atoms with Crippen molar-refractivity contribution in [1.29, 1.82) is 0 Å². The van der Waals surface area contributed by atoms with Gasteiger partial charge in [0.2, 0.25) is 5.65 Å². The zero-order valence-electron chi connectivity index (χ0n) is 6.39. The van der Waals surface area contributed by atoms with Crippen molar-refractivity contribution in [3.8, 4) is 0 Å². The van der Waals surface area contributed by atoms with E-state index in [1.54, 1.807) is 18.3 Å². The third kappa shape index (κ3) is 1.78. The lowest BCUT2D eigenvalue weighted by Crippen LogP contribution is -2.00. The Bertz CT molecular complexity index is 421. The molecule has 6 heteroatoms. The second kappa shape index (κ2) is 3.31. The van der Waals surface area contributed by atoms with Gasteiger partial charge >= 0.3 is 6.01 Å². The smallest absolute Gasteiger partial charge is 0.302 e. The summed E-state index contributed by atoms with van der Waals surface area (Å²) >= 11 is 8.61. The summed E-state index contributed by atoms with van der Waals surface area (Å²) in [5.41, 5.74) is 1.17. The van der Waals surface area contributed by atoms with E-state index in [9.17, 15) is 0 Å². The quantitative estimate of drug-likeness (QED) is 0.557. The second-order valence-corrected chi connectivity index (χ2v) is 3.43. The van der Waals surface area contributed by atoms with Crippen LogP contribution in [0.15, 0.2) is 22.7 Å². The lowest BCUT2D eigenvalue weighted by Gasteiger charge is -1.92. The standard InChI is InChI=1S/C7H5N3OS2/c12-7(13)10-6-9-5-4(11-6)2-1-3-8-5/h1-3H,(H2,8,9,10,12,13). The van der Waals surface area contributed by atoms with Gasteiger partial charge in [0, 0.05) is 6.20 Å². The van der Waals surface area contributed by atoms with E-state index >= 15 is 0 Å². The number of rotatable bonds is 1. The largest absolute Gasteiger partial charge is 0.422 e. The van der Waals surface area contributed by atoms with Crippen LogP contribution in [0.1, 0.15) is 0 Å². The van der Waals surface area contributed by atoms with Crippen LogP contribution in [-0.4, -0.2) is 14.3 Å². The number of fused-ring (bicyclic) bond motifs is 1. The van der Waals surface area contributed by atoms with Crippen LogP contribution >= 0.6 is 24.8 Å². The van der Waals surface area contributed by atoms with Gasteiger partial charge < -0.3 is 4.42 Å². The molecule has 2 aromatic rings. The van der Waals surface area contributed by atoms with E-state index in [1.165, 1.54) is 0 Å². The van der Waals surface area contributed by atoms with E-state index in [-0.39, 0.29) is 0 Å². The van der Waals surface area contributed by atoms with Crippen molar-refractivity contribution in [3.05, 3.63) is 18.3 Å². The molecular weight excluding hydrogens is 206 g/mol. The highest BCUT2D eigenvalue weighted by Gasteiger charge is 2.04.